The molecule has 0 saturated heterocycles. The van der Waals surface area contributed by atoms with Crippen LogP contribution in [0.4, 0.5) is 0 Å². The van der Waals surface area contributed by atoms with E-state index >= 15 is 0 Å². The normalized spacial score (nSPS) is 22.9. The van der Waals surface area contributed by atoms with E-state index in [-0.39, 0.29) is 29.8 Å². The Kier molecular flexibility index (Phi) is 4.45. The van der Waals surface area contributed by atoms with Gasteiger partial charge in [-0.05, 0) is 25.2 Å². The highest BCUT2D eigenvalue weighted by atomic mass is 16.2. The second-order valence-electron chi connectivity index (χ2n) is 6.46. The first kappa shape index (κ1) is 15.1. The maximum Gasteiger partial charge on any atom is 0.243 e. The van der Waals surface area contributed by atoms with Gasteiger partial charge in [-0.3, -0.25) is 9.59 Å². The second-order valence-corrected chi connectivity index (χ2v) is 6.46. The SMILES string of the molecule is CC(=O)N[C@H](C(=O)N[C@H]1CCc2nccn2C1)C1CCCC1. The van der Waals surface area contributed by atoms with Crippen molar-refractivity contribution in [3.63, 3.8) is 0 Å². The van der Waals surface area contributed by atoms with Gasteiger partial charge in [-0.1, -0.05) is 12.8 Å². The van der Waals surface area contributed by atoms with E-state index in [9.17, 15) is 9.59 Å². The maximum absolute atomic E-state index is 12.6. The number of carbonyl (C=O) groups excluding carboxylic acids is 2. The molecule has 1 aromatic heterocycles. The van der Waals surface area contributed by atoms with Crippen molar-refractivity contribution in [3.05, 3.63) is 18.2 Å². The van der Waals surface area contributed by atoms with Crippen LogP contribution in [0, 0.1) is 5.92 Å². The highest BCUT2D eigenvalue weighted by molar-refractivity contribution is 5.87. The van der Waals surface area contributed by atoms with Gasteiger partial charge in [-0.2, -0.15) is 0 Å². The van der Waals surface area contributed by atoms with Gasteiger partial charge in [0, 0.05) is 38.3 Å². The molecule has 1 aromatic rings. The van der Waals surface area contributed by atoms with Crippen LogP contribution in [0.15, 0.2) is 12.4 Å². The van der Waals surface area contributed by atoms with E-state index in [0.29, 0.717) is 0 Å². The number of hydrogen-bond donors (Lipinski definition) is 2. The van der Waals surface area contributed by atoms with E-state index in [1.807, 2.05) is 6.20 Å². The van der Waals surface area contributed by atoms with Gasteiger partial charge in [-0.15, -0.1) is 0 Å². The monoisotopic (exact) mass is 304 g/mol. The maximum atomic E-state index is 12.6. The molecule has 0 unspecified atom stereocenters. The summed E-state index contributed by atoms with van der Waals surface area (Å²) in [6.07, 6.45) is 9.88. The summed E-state index contributed by atoms with van der Waals surface area (Å²) < 4.78 is 2.09. The quantitative estimate of drug-likeness (QED) is 0.871. The molecule has 120 valence electrons. The van der Waals surface area contributed by atoms with E-state index < -0.39 is 0 Å². The lowest BCUT2D eigenvalue weighted by atomic mass is 9.96. The number of fused-ring (bicyclic) bond motifs is 1. The zero-order valence-corrected chi connectivity index (χ0v) is 13.0. The van der Waals surface area contributed by atoms with E-state index in [1.54, 1.807) is 6.20 Å². The lowest BCUT2D eigenvalue weighted by Crippen LogP contribution is -2.53. The van der Waals surface area contributed by atoms with Crippen molar-refractivity contribution in [3.8, 4) is 0 Å². The van der Waals surface area contributed by atoms with Crippen LogP contribution in [0.1, 0.15) is 44.9 Å². The van der Waals surface area contributed by atoms with Gasteiger partial charge in [0.15, 0.2) is 0 Å². The Morgan fingerprint density at radius 1 is 1.32 bits per heavy atom. The number of amides is 2. The summed E-state index contributed by atoms with van der Waals surface area (Å²) in [6.45, 7) is 2.24. The largest absolute Gasteiger partial charge is 0.350 e. The lowest BCUT2D eigenvalue weighted by Gasteiger charge is -2.29. The Balaban J connectivity index is 1.62. The summed E-state index contributed by atoms with van der Waals surface area (Å²) >= 11 is 0. The van der Waals surface area contributed by atoms with Gasteiger partial charge in [0.1, 0.15) is 11.9 Å². The molecule has 0 radical (unpaired) electrons. The van der Waals surface area contributed by atoms with Crippen molar-refractivity contribution in [2.75, 3.05) is 0 Å². The van der Waals surface area contributed by atoms with Crippen molar-refractivity contribution in [1.82, 2.24) is 20.2 Å². The fraction of sp³-hybridized carbons (Fsp3) is 0.688. The number of carbonyl (C=O) groups is 2. The van der Waals surface area contributed by atoms with E-state index in [2.05, 4.69) is 20.2 Å². The molecule has 2 amide bonds. The third-order valence-corrected chi connectivity index (χ3v) is 4.79. The van der Waals surface area contributed by atoms with Gasteiger partial charge in [0.05, 0.1) is 0 Å². The predicted molar refractivity (Wildman–Crippen MR) is 82.0 cm³/mol. The number of nitrogens with zero attached hydrogens (tertiary/aromatic N) is 2. The van der Waals surface area contributed by atoms with Crippen LogP contribution in [-0.2, 0) is 22.6 Å². The smallest absolute Gasteiger partial charge is 0.243 e. The molecule has 0 spiro atoms. The van der Waals surface area contributed by atoms with Gasteiger partial charge in [0.2, 0.25) is 11.8 Å². The number of aryl methyl sites for hydroxylation is 1. The van der Waals surface area contributed by atoms with Gasteiger partial charge < -0.3 is 15.2 Å². The molecule has 2 N–H and O–H groups in total. The highest BCUT2D eigenvalue weighted by Crippen LogP contribution is 2.28. The minimum absolute atomic E-state index is 0.0318. The first-order valence-corrected chi connectivity index (χ1v) is 8.21. The third kappa shape index (κ3) is 3.31. The molecule has 0 bridgehead atoms. The molecule has 2 atom stereocenters. The average Bonchev–Trinajstić information content (AvgIpc) is 3.15. The summed E-state index contributed by atoms with van der Waals surface area (Å²) in [7, 11) is 0. The Morgan fingerprint density at radius 2 is 2.09 bits per heavy atom. The van der Waals surface area contributed by atoms with Crippen LogP contribution in [0.5, 0.6) is 0 Å². The Morgan fingerprint density at radius 3 is 2.82 bits per heavy atom. The van der Waals surface area contributed by atoms with Crippen molar-refractivity contribution >= 4 is 11.8 Å². The predicted octanol–water partition coefficient (Wildman–Crippen LogP) is 1.01. The molecule has 0 aromatic carbocycles. The number of nitrogens with one attached hydrogen (secondary N) is 2. The molecule has 1 aliphatic heterocycles. The molecular formula is C16H24N4O2. The molecule has 1 fully saturated rings. The molecular weight excluding hydrogens is 280 g/mol. The first-order chi connectivity index (χ1) is 10.6. The van der Waals surface area contributed by atoms with Crippen LogP contribution >= 0.6 is 0 Å². The molecule has 3 rings (SSSR count). The van der Waals surface area contributed by atoms with Crippen molar-refractivity contribution in [2.45, 2.75) is 64.1 Å². The Labute approximate surface area is 130 Å². The summed E-state index contributed by atoms with van der Waals surface area (Å²) in [5.74, 6) is 1.19. The number of hydrogen-bond acceptors (Lipinski definition) is 3. The third-order valence-electron chi connectivity index (χ3n) is 4.79. The Hall–Kier alpha value is -1.85. The van der Waals surface area contributed by atoms with E-state index in [0.717, 1.165) is 50.9 Å². The number of imidazole rings is 1. The van der Waals surface area contributed by atoms with E-state index in [4.69, 9.17) is 0 Å². The molecule has 1 aliphatic carbocycles. The second kappa shape index (κ2) is 6.50. The van der Waals surface area contributed by atoms with Gasteiger partial charge in [0.25, 0.3) is 0 Å². The fourth-order valence-corrected chi connectivity index (χ4v) is 3.68. The zero-order valence-electron chi connectivity index (χ0n) is 13.0. The average molecular weight is 304 g/mol. The van der Waals surface area contributed by atoms with Crippen LogP contribution in [0.2, 0.25) is 0 Å². The molecule has 2 heterocycles. The zero-order chi connectivity index (χ0) is 15.5. The number of aromatic nitrogens is 2. The standard InChI is InChI=1S/C16H24N4O2/c1-11(21)18-15(12-4-2-3-5-12)16(22)19-13-6-7-14-17-8-9-20(14)10-13/h8-9,12-13,15H,2-7,10H2,1H3,(H,18,21)(H,19,22)/t13-,15-/m0/s1. The lowest BCUT2D eigenvalue weighted by molar-refractivity contribution is -0.130. The molecule has 2 aliphatic rings. The molecule has 6 nitrogen and oxygen atoms in total. The van der Waals surface area contributed by atoms with Crippen LogP contribution < -0.4 is 10.6 Å². The summed E-state index contributed by atoms with van der Waals surface area (Å²) in [5, 5.41) is 5.98. The van der Waals surface area contributed by atoms with Gasteiger partial charge >= 0.3 is 0 Å². The molecule has 22 heavy (non-hydrogen) atoms. The molecule has 1 saturated carbocycles. The summed E-state index contributed by atoms with van der Waals surface area (Å²) in [6, 6.07) is -0.268. The van der Waals surface area contributed by atoms with Crippen LogP contribution in [0.3, 0.4) is 0 Å². The Bertz CT molecular complexity index is 548. The van der Waals surface area contributed by atoms with Crippen molar-refractivity contribution < 1.29 is 9.59 Å². The van der Waals surface area contributed by atoms with Crippen molar-refractivity contribution in [2.24, 2.45) is 5.92 Å². The van der Waals surface area contributed by atoms with Crippen molar-refractivity contribution in [1.29, 1.82) is 0 Å². The summed E-state index contributed by atoms with van der Waals surface area (Å²) in [5.41, 5.74) is 0. The minimum Gasteiger partial charge on any atom is -0.350 e. The van der Waals surface area contributed by atoms with Gasteiger partial charge in [-0.25, -0.2) is 4.98 Å². The fourth-order valence-electron chi connectivity index (χ4n) is 3.68. The topological polar surface area (TPSA) is 76.0 Å². The highest BCUT2D eigenvalue weighted by Gasteiger charge is 2.32. The first-order valence-electron chi connectivity index (χ1n) is 8.21. The summed E-state index contributed by atoms with van der Waals surface area (Å²) in [4.78, 5) is 28.4. The van der Waals surface area contributed by atoms with Crippen LogP contribution in [0.25, 0.3) is 0 Å². The van der Waals surface area contributed by atoms with Crippen LogP contribution in [-0.4, -0.2) is 33.4 Å². The van der Waals surface area contributed by atoms with E-state index in [1.165, 1.54) is 6.92 Å². The number of rotatable bonds is 4. The minimum atomic E-state index is -0.385. The molecule has 6 heteroatoms.